The van der Waals surface area contributed by atoms with E-state index in [1.165, 1.54) is 0 Å². The topological polar surface area (TPSA) is 49.9 Å². The van der Waals surface area contributed by atoms with Crippen LogP contribution in [0.1, 0.15) is 19.4 Å². The Labute approximate surface area is 125 Å². The number of benzene rings is 1. The quantitative estimate of drug-likeness (QED) is 0.790. The number of ether oxygens (including phenoxy) is 1. The third-order valence-corrected chi connectivity index (χ3v) is 3.83. The van der Waals surface area contributed by atoms with E-state index in [1.54, 1.807) is 6.92 Å². The van der Waals surface area contributed by atoms with Gasteiger partial charge in [0, 0.05) is 18.8 Å². The summed E-state index contributed by atoms with van der Waals surface area (Å²) in [5.74, 6) is -0.249. The molecule has 21 heavy (non-hydrogen) atoms. The maximum Gasteiger partial charge on any atom is 0.320 e. The van der Waals surface area contributed by atoms with E-state index in [4.69, 9.17) is 4.74 Å². The molecule has 1 aromatic carbocycles. The Morgan fingerprint density at radius 1 is 1.33 bits per heavy atom. The SMILES string of the molecule is CCOC(=O)CN1CCN(c2ccccc2C)C(=O)[C@@H]1C. The van der Waals surface area contributed by atoms with Gasteiger partial charge in [0.25, 0.3) is 0 Å². The van der Waals surface area contributed by atoms with Gasteiger partial charge in [-0.15, -0.1) is 0 Å². The summed E-state index contributed by atoms with van der Waals surface area (Å²) in [5, 5.41) is 0. The first-order chi connectivity index (χ1) is 10.0. The van der Waals surface area contributed by atoms with E-state index >= 15 is 0 Å². The Hall–Kier alpha value is -1.88. The first-order valence-corrected chi connectivity index (χ1v) is 7.31. The number of rotatable bonds is 4. The van der Waals surface area contributed by atoms with Crippen LogP contribution in [-0.2, 0) is 14.3 Å². The fourth-order valence-corrected chi connectivity index (χ4v) is 2.61. The van der Waals surface area contributed by atoms with E-state index in [0.717, 1.165) is 11.3 Å². The number of nitrogens with zero attached hydrogens (tertiary/aromatic N) is 2. The highest BCUT2D eigenvalue weighted by molar-refractivity contribution is 5.98. The van der Waals surface area contributed by atoms with E-state index in [2.05, 4.69) is 0 Å². The average molecular weight is 290 g/mol. The number of anilines is 1. The number of esters is 1. The number of amides is 1. The van der Waals surface area contributed by atoms with E-state index in [0.29, 0.717) is 19.7 Å². The van der Waals surface area contributed by atoms with Crippen LogP contribution >= 0.6 is 0 Å². The minimum absolute atomic E-state index is 0.0276. The summed E-state index contributed by atoms with van der Waals surface area (Å²) in [4.78, 5) is 27.8. The van der Waals surface area contributed by atoms with Crippen molar-refractivity contribution in [3.8, 4) is 0 Å². The fourth-order valence-electron chi connectivity index (χ4n) is 2.61. The predicted molar refractivity (Wildman–Crippen MR) is 81.2 cm³/mol. The molecule has 1 atom stereocenters. The molecule has 1 fully saturated rings. The summed E-state index contributed by atoms with van der Waals surface area (Å²) < 4.78 is 4.95. The van der Waals surface area contributed by atoms with Crippen LogP contribution in [0.4, 0.5) is 5.69 Å². The number of hydrogen-bond acceptors (Lipinski definition) is 4. The van der Waals surface area contributed by atoms with E-state index < -0.39 is 0 Å². The molecular formula is C16H22N2O3. The standard InChI is InChI=1S/C16H22N2O3/c1-4-21-15(19)11-17-9-10-18(16(20)13(17)3)14-8-6-5-7-12(14)2/h5-8,13H,4,9-11H2,1-3H3/t13-/m0/s1. The third kappa shape index (κ3) is 3.42. The minimum Gasteiger partial charge on any atom is -0.465 e. The molecule has 5 heteroatoms. The summed E-state index contributed by atoms with van der Waals surface area (Å²) in [7, 11) is 0. The molecule has 5 nitrogen and oxygen atoms in total. The van der Waals surface area contributed by atoms with Crippen molar-refractivity contribution in [1.29, 1.82) is 0 Å². The van der Waals surface area contributed by atoms with Crippen molar-refractivity contribution in [1.82, 2.24) is 4.90 Å². The molecule has 0 radical (unpaired) electrons. The summed E-state index contributed by atoms with van der Waals surface area (Å²) in [5.41, 5.74) is 2.03. The maximum absolute atomic E-state index is 12.6. The van der Waals surface area contributed by atoms with E-state index in [-0.39, 0.29) is 24.5 Å². The number of carbonyl (C=O) groups is 2. The lowest BCUT2D eigenvalue weighted by Gasteiger charge is -2.39. The molecule has 0 saturated carbocycles. The fraction of sp³-hybridized carbons (Fsp3) is 0.500. The summed E-state index contributed by atoms with van der Waals surface area (Å²) in [6, 6.07) is 7.54. The Morgan fingerprint density at radius 3 is 2.71 bits per heavy atom. The van der Waals surface area contributed by atoms with Gasteiger partial charge in [0.2, 0.25) is 5.91 Å². The van der Waals surface area contributed by atoms with Gasteiger partial charge in [-0.3, -0.25) is 14.5 Å². The van der Waals surface area contributed by atoms with Gasteiger partial charge in [0.1, 0.15) is 0 Å². The van der Waals surface area contributed by atoms with Crippen molar-refractivity contribution in [2.45, 2.75) is 26.8 Å². The molecule has 1 heterocycles. The number of carbonyl (C=O) groups excluding carboxylic acids is 2. The van der Waals surface area contributed by atoms with Crippen LogP contribution in [0.5, 0.6) is 0 Å². The van der Waals surface area contributed by atoms with Crippen LogP contribution in [0, 0.1) is 6.92 Å². The van der Waals surface area contributed by atoms with Crippen molar-refractivity contribution in [3.05, 3.63) is 29.8 Å². The average Bonchev–Trinajstić information content (AvgIpc) is 2.46. The molecule has 1 aliphatic rings. The van der Waals surface area contributed by atoms with Crippen LogP contribution in [-0.4, -0.2) is 49.1 Å². The molecule has 2 rings (SSSR count). The van der Waals surface area contributed by atoms with Gasteiger partial charge in [-0.25, -0.2) is 0 Å². The molecular weight excluding hydrogens is 268 g/mol. The predicted octanol–water partition coefficient (Wildman–Crippen LogP) is 1.60. The molecule has 1 amide bonds. The number of piperazine rings is 1. The van der Waals surface area contributed by atoms with E-state index in [1.807, 2.05) is 47.9 Å². The number of aryl methyl sites for hydroxylation is 1. The molecule has 0 N–H and O–H groups in total. The normalized spacial score (nSPS) is 19.7. The largest absolute Gasteiger partial charge is 0.465 e. The van der Waals surface area contributed by atoms with Gasteiger partial charge in [-0.1, -0.05) is 18.2 Å². The first kappa shape index (κ1) is 15.5. The van der Waals surface area contributed by atoms with Crippen molar-refractivity contribution in [2.24, 2.45) is 0 Å². The molecule has 0 aliphatic carbocycles. The van der Waals surface area contributed by atoms with Gasteiger partial charge in [-0.05, 0) is 32.4 Å². The number of para-hydroxylation sites is 1. The van der Waals surface area contributed by atoms with Gasteiger partial charge in [0.15, 0.2) is 0 Å². The zero-order valence-electron chi connectivity index (χ0n) is 12.8. The molecule has 0 unspecified atom stereocenters. The summed E-state index contributed by atoms with van der Waals surface area (Å²) in [6.45, 7) is 7.41. The molecule has 0 bridgehead atoms. The van der Waals surface area contributed by atoms with Gasteiger partial charge >= 0.3 is 5.97 Å². The molecule has 1 saturated heterocycles. The molecule has 1 aromatic rings. The third-order valence-electron chi connectivity index (χ3n) is 3.83. The minimum atomic E-state index is -0.317. The van der Waals surface area contributed by atoms with Gasteiger partial charge < -0.3 is 9.64 Å². The van der Waals surface area contributed by atoms with Gasteiger partial charge in [-0.2, -0.15) is 0 Å². The molecule has 0 spiro atoms. The molecule has 114 valence electrons. The zero-order valence-corrected chi connectivity index (χ0v) is 12.8. The smallest absolute Gasteiger partial charge is 0.320 e. The lowest BCUT2D eigenvalue weighted by Crippen LogP contribution is -2.57. The maximum atomic E-state index is 12.6. The lowest BCUT2D eigenvalue weighted by atomic mass is 10.1. The zero-order chi connectivity index (χ0) is 15.4. The number of hydrogen-bond donors (Lipinski definition) is 0. The van der Waals surface area contributed by atoms with Crippen molar-refractivity contribution in [3.63, 3.8) is 0 Å². The van der Waals surface area contributed by atoms with Gasteiger partial charge in [0.05, 0.1) is 19.2 Å². The van der Waals surface area contributed by atoms with Crippen LogP contribution in [0.25, 0.3) is 0 Å². The van der Waals surface area contributed by atoms with Crippen LogP contribution < -0.4 is 4.90 Å². The Morgan fingerprint density at radius 2 is 2.05 bits per heavy atom. The van der Waals surface area contributed by atoms with E-state index in [9.17, 15) is 9.59 Å². The Kier molecular flexibility index (Phi) is 4.96. The lowest BCUT2D eigenvalue weighted by molar-refractivity contribution is -0.145. The van der Waals surface area contributed by atoms with Crippen molar-refractivity contribution >= 4 is 17.6 Å². The highest BCUT2D eigenvalue weighted by atomic mass is 16.5. The highest BCUT2D eigenvalue weighted by Crippen LogP contribution is 2.23. The first-order valence-electron chi connectivity index (χ1n) is 7.31. The van der Waals surface area contributed by atoms with Crippen molar-refractivity contribution in [2.75, 3.05) is 31.1 Å². The summed E-state index contributed by atoms with van der Waals surface area (Å²) in [6.07, 6.45) is 0. The second-order valence-electron chi connectivity index (χ2n) is 5.23. The second kappa shape index (κ2) is 6.72. The summed E-state index contributed by atoms with van der Waals surface area (Å²) >= 11 is 0. The second-order valence-corrected chi connectivity index (χ2v) is 5.23. The monoisotopic (exact) mass is 290 g/mol. The molecule has 1 aliphatic heterocycles. The van der Waals surface area contributed by atoms with Crippen LogP contribution in [0.3, 0.4) is 0 Å². The highest BCUT2D eigenvalue weighted by Gasteiger charge is 2.33. The van der Waals surface area contributed by atoms with Crippen molar-refractivity contribution < 1.29 is 14.3 Å². The Bertz CT molecular complexity index is 530. The van der Waals surface area contributed by atoms with Crippen LogP contribution in [0.15, 0.2) is 24.3 Å². The van der Waals surface area contributed by atoms with Crippen LogP contribution in [0.2, 0.25) is 0 Å². The Balaban J connectivity index is 2.08. The molecule has 0 aromatic heterocycles.